The average Bonchev–Trinajstić information content (AvgIpc) is 2.17. The van der Waals surface area contributed by atoms with Crippen LogP contribution < -0.4 is 0 Å². The Balaban J connectivity index is 2.02. The molecule has 1 saturated carbocycles. The Morgan fingerprint density at radius 1 is 1.20 bits per heavy atom. The van der Waals surface area contributed by atoms with Crippen molar-refractivity contribution in [3.63, 3.8) is 0 Å². The van der Waals surface area contributed by atoms with Crippen molar-refractivity contribution in [2.75, 3.05) is 7.11 Å². The lowest BCUT2D eigenvalue weighted by Crippen LogP contribution is -2.48. The van der Waals surface area contributed by atoms with Crippen LogP contribution in [0.25, 0.3) is 0 Å². The monoisotopic (exact) mass is 214 g/mol. The normalized spacial score (nSPS) is 26.2. The maximum absolute atomic E-state index is 11.1. The second kappa shape index (κ2) is 3.81. The molecule has 1 aliphatic carbocycles. The predicted molar refractivity (Wildman–Crippen MR) is 48.8 cm³/mol. The molecule has 5 heteroatoms. The Morgan fingerprint density at radius 2 is 1.73 bits per heavy atom. The highest BCUT2D eigenvalue weighted by molar-refractivity contribution is 5.93. The van der Waals surface area contributed by atoms with Gasteiger partial charge in [-0.3, -0.25) is 9.59 Å². The zero-order chi connectivity index (χ0) is 10.9. The minimum atomic E-state index is -0.999. The topological polar surface area (TPSA) is 61.8 Å². The fourth-order valence-electron chi connectivity index (χ4n) is 2.10. The lowest BCUT2D eigenvalue weighted by Gasteiger charge is -2.40. The summed E-state index contributed by atoms with van der Waals surface area (Å²) in [5.74, 6) is -1.97. The van der Waals surface area contributed by atoms with Crippen molar-refractivity contribution in [2.45, 2.75) is 44.0 Å². The molecule has 0 aromatic rings. The number of carbonyl (C=O) groups is 2. The Hall–Kier alpha value is -1.10. The number of hydrogen-bond donors (Lipinski definition) is 0. The molecule has 2 rings (SSSR count). The minimum Gasteiger partial charge on any atom is -0.422 e. The summed E-state index contributed by atoms with van der Waals surface area (Å²) >= 11 is 0. The van der Waals surface area contributed by atoms with Crippen LogP contribution >= 0.6 is 0 Å². The summed E-state index contributed by atoms with van der Waals surface area (Å²) < 4.78 is 15.5. The molecule has 0 unspecified atom stereocenters. The van der Waals surface area contributed by atoms with Gasteiger partial charge in [0.1, 0.15) is 6.42 Å². The number of methoxy groups -OCH3 is 1. The quantitative estimate of drug-likeness (QED) is 0.476. The van der Waals surface area contributed by atoms with E-state index in [4.69, 9.17) is 14.2 Å². The van der Waals surface area contributed by atoms with Gasteiger partial charge in [-0.05, 0) is 12.8 Å². The number of ether oxygens (including phenoxy) is 3. The molecule has 5 nitrogen and oxygen atoms in total. The summed E-state index contributed by atoms with van der Waals surface area (Å²) in [6, 6.07) is 0. The number of rotatable bonds is 1. The Bertz CT molecular complexity index is 260. The van der Waals surface area contributed by atoms with Crippen molar-refractivity contribution in [1.82, 2.24) is 0 Å². The third-order valence-corrected chi connectivity index (χ3v) is 2.92. The van der Waals surface area contributed by atoms with Gasteiger partial charge in [0.25, 0.3) is 5.79 Å². The highest BCUT2D eigenvalue weighted by atomic mass is 16.7. The Kier molecular flexibility index (Phi) is 2.65. The molecule has 1 saturated heterocycles. The van der Waals surface area contributed by atoms with Gasteiger partial charge in [0.05, 0.1) is 6.10 Å². The summed E-state index contributed by atoms with van der Waals surface area (Å²) in [7, 11) is 1.65. The van der Waals surface area contributed by atoms with E-state index in [0.717, 1.165) is 12.8 Å². The first-order chi connectivity index (χ1) is 7.13. The Morgan fingerprint density at radius 3 is 2.20 bits per heavy atom. The van der Waals surface area contributed by atoms with Crippen molar-refractivity contribution < 1.29 is 23.8 Å². The van der Waals surface area contributed by atoms with Crippen LogP contribution in [0.4, 0.5) is 0 Å². The van der Waals surface area contributed by atoms with Gasteiger partial charge in [-0.15, -0.1) is 0 Å². The fraction of sp³-hybridized carbons (Fsp3) is 0.800. The van der Waals surface area contributed by atoms with Crippen molar-refractivity contribution in [1.29, 1.82) is 0 Å². The largest absolute Gasteiger partial charge is 0.422 e. The van der Waals surface area contributed by atoms with E-state index in [1.807, 2.05) is 0 Å². The van der Waals surface area contributed by atoms with E-state index in [9.17, 15) is 9.59 Å². The van der Waals surface area contributed by atoms with Crippen LogP contribution in [0, 0.1) is 0 Å². The van der Waals surface area contributed by atoms with Gasteiger partial charge in [0.2, 0.25) is 0 Å². The molecule has 1 spiro atoms. The molecule has 2 fully saturated rings. The van der Waals surface area contributed by atoms with E-state index in [2.05, 4.69) is 0 Å². The van der Waals surface area contributed by atoms with Crippen LogP contribution in [0.5, 0.6) is 0 Å². The van der Waals surface area contributed by atoms with E-state index in [1.54, 1.807) is 7.11 Å². The zero-order valence-electron chi connectivity index (χ0n) is 8.65. The molecule has 0 N–H and O–H groups in total. The third kappa shape index (κ3) is 2.12. The maximum Gasteiger partial charge on any atom is 0.320 e. The second-order valence-corrected chi connectivity index (χ2v) is 3.97. The van der Waals surface area contributed by atoms with E-state index in [-0.39, 0.29) is 12.5 Å². The Labute approximate surface area is 87.7 Å². The minimum absolute atomic E-state index is 0.176. The van der Waals surface area contributed by atoms with Gasteiger partial charge in [-0.2, -0.15) is 0 Å². The summed E-state index contributed by atoms with van der Waals surface area (Å²) in [5.41, 5.74) is 0. The first kappa shape index (κ1) is 10.4. The van der Waals surface area contributed by atoms with Crippen LogP contribution in [0.2, 0.25) is 0 Å². The molecule has 84 valence electrons. The number of hydrogen-bond acceptors (Lipinski definition) is 5. The predicted octanol–water partition coefficient (Wildman–Crippen LogP) is 0.762. The van der Waals surface area contributed by atoms with E-state index < -0.39 is 17.7 Å². The van der Waals surface area contributed by atoms with E-state index in [0.29, 0.717) is 12.8 Å². The fourth-order valence-corrected chi connectivity index (χ4v) is 2.10. The van der Waals surface area contributed by atoms with Crippen LogP contribution in [-0.2, 0) is 23.8 Å². The molecule has 15 heavy (non-hydrogen) atoms. The molecule has 0 aromatic carbocycles. The van der Waals surface area contributed by atoms with Gasteiger partial charge >= 0.3 is 11.9 Å². The van der Waals surface area contributed by atoms with Gasteiger partial charge in [0, 0.05) is 20.0 Å². The zero-order valence-corrected chi connectivity index (χ0v) is 8.65. The van der Waals surface area contributed by atoms with Gasteiger partial charge in [0.15, 0.2) is 0 Å². The number of esters is 2. The smallest absolute Gasteiger partial charge is 0.320 e. The van der Waals surface area contributed by atoms with Crippen LogP contribution in [0.3, 0.4) is 0 Å². The molecule has 1 heterocycles. The molecular weight excluding hydrogens is 200 g/mol. The standard InChI is InChI=1S/C10H14O5/c1-13-7-2-4-10(5-3-7)14-8(11)6-9(12)15-10/h7H,2-6H2,1H3. The van der Waals surface area contributed by atoms with E-state index >= 15 is 0 Å². The van der Waals surface area contributed by atoms with Gasteiger partial charge in [-0.25, -0.2) is 0 Å². The van der Waals surface area contributed by atoms with Crippen LogP contribution in [-0.4, -0.2) is 30.9 Å². The molecule has 0 bridgehead atoms. The summed E-state index contributed by atoms with van der Waals surface area (Å²) in [4.78, 5) is 22.3. The molecular formula is C10H14O5. The number of carbonyl (C=O) groups excluding carboxylic acids is 2. The van der Waals surface area contributed by atoms with E-state index in [1.165, 1.54) is 0 Å². The molecule has 2 aliphatic rings. The SMILES string of the molecule is COC1CCC2(CC1)OC(=O)CC(=O)O2. The van der Waals surface area contributed by atoms with Crippen molar-refractivity contribution in [3.8, 4) is 0 Å². The first-order valence-electron chi connectivity index (χ1n) is 5.10. The lowest BCUT2D eigenvalue weighted by molar-refractivity contribution is -0.257. The van der Waals surface area contributed by atoms with Crippen LogP contribution in [0.15, 0.2) is 0 Å². The maximum atomic E-state index is 11.1. The van der Waals surface area contributed by atoms with Crippen molar-refractivity contribution in [2.24, 2.45) is 0 Å². The summed E-state index contributed by atoms with van der Waals surface area (Å²) in [6.07, 6.45) is 2.46. The van der Waals surface area contributed by atoms with Crippen LogP contribution in [0.1, 0.15) is 32.1 Å². The first-order valence-corrected chi connectivity index (χ1v) is 5.10. The summed E-state index contributed by atoms with van der Waals surface area (Å²) in [5, 5.41) is 0. The molecule has 0 atom stereocenters. The molecule has 0 radical (unpaired) electrons. The van der Waals surface area contributed by atoms with Crippen molar-refractivity contribution >= 4 is 11.9 Å². The average molecular weight is 214 g/mol. The van der Waals surface area contributed by atoms with Gasteiger partial charge in [-0.1, -0.05) is 0 Å². The highest BCUT2D eigenvalue weighted by Crippen LogP contribution is 2.36. The molecule has 0 aromatic heterocycles. The second-order valence-electron chi connectivity index (χ2n) is 3.97. The summed E-state index contributed by atoms with van der Waals surface area (Å²) in [6.45, 7) is 0. The van der Waals surface area contributed by atoms with Gasteiger partial charge < -0.3 is 14.2 Å². The molecule has 0 amide bonds. The highest BCUT2D eigenvalue weighted by Gasteiger charge is 2.45. The molecule has 1 aliphatic heterocycles. The third-order valence-electron chi connectivity index (χ3n) is 2.92. The van der Waals surface area contributed by atoms with Crippen molar-refractivity contribution in [3.05, 3.63) is 0 Å². The lowest BCUT2D eigenvalue weighted by atomic mass is 9.91.